The van der Waals surface area contributed by atoms with Gasteiger partial charge in [-0.2, -0.15) is 0 Å². The van der Waals surface area contributed by atoms with E-state index in [4.69, 9.17) is 0 Å². The van der Waals surface area contributed by atoms with Crippen LogP contribution in [0.15, 0.2) is 24.3 Å². The van der Waals surface area contributed by atoms with Gasteiger partial charge in [-0.05, 0) is 12.1 Å². The van der Waals surface area contributed by atoms with Crippen molar-refractivity contribution in [2.45, 2.75) is 0 Å². The van der Waals surface area contributed by atoms with Gasteiger partial charge in [-0.3, -0.25) is 4.79 Å². The van der Waals surface area contributed by atoms with Gasteiger partial charge in [0.25, 0.3) is 0 Å². The summed E-state index contributed by atoms with van der Waals surface area (Å²) >= 11 is 0. The summed E-state index contributed by atoms with van der Waals surface area (Å²) in [5, 5.41) is 7.49. The highest BCUT2D eigenvalue weighted by Gasteiger charge is 2.27. The summed E-state index contributed by atoms with van der Waals surface area (Å²) in [6.07, 6.45) is -0.298. The number of carbonyl (C=O) groups excluding carboxylic acids is 1. The van der Waals surface area contributed by atoms with Gasteiger partial charge in [0.1, 0.15) is 11.0 Å². The molecule has 0 aliphatic rings. The van der Waals surface area contributed by atoms with Crippen molar-refractivity contribution in [3.63, 3.8) is 0 Å². The number of rotatable bonds is 2. The van der Waals surface area contributed by atoms with Gasteiger partial charge in [-0.1, -0.05) is 12.1 Å². The van der Waals surface area contributed by atoms with Gasteiger partial charge in [0.2, 0.25) is 0 Å². The first-order valence-corrected chi connectivity index (χ1v) is 5.68. The van der Waals surface area contributed by atoms with Crippen LogP contribution in [0.25, 0.3) is 16.7 Å². The quantitative estimate of drug-likeness (QED) is 0.415. The zero-order valence-corrected chi connectivity index (χ0v) is 10.1. The van der Waals surface area contributed by atoms with E-state index in [1.54, 1.807) is 12.1 Å². The van der Waals surface area contributed by atoms with Crippen molar-refractivity contribution in [3.8, 4) is 5.69 Å². The van der Waals surface area contributed by atoms with Gasteiger partial charge in [0.05, 0.1) is 5.56 Å². The number of halogens is 4. The highest BCUT2D eigenvalue weighted by molar-refractivity contribution is 5.77. The lowest BCUT2D eigenvalue weighted by Crippen LogP contribution is -2.12. The fourth-order valence-corrected chi connectivity index (χ4v) is 1.88. The van der Waals surface area contributed by atoms with Crippen LogP contribution in [0.4, 0.5) is 17.6 Å². The van der Waals surface area contributed by atoms with Gasteiger partial charge < -0.3 is 0 Å². The summed E-state index contributed by atoms with van der Waals surface area (Å²) < 4.78 is 54.9. The minimum absolute atomic E-state index is 0.289. The molecule has 0 bridgehead atoms. The number of hydrogen-bond donors (Lipinski definition) is 0. The summed E-state index contributed by atoms with van der Waals surface area (Å²) in [5.74, 6) is -7.06. The van der Waals surface area contributed by atoms with Crippen LogP contribution in [0.1, 0.15) is 10.4 Å². The molecule has 0 atom stereocenters. The van der Waals surface area contributed by atoms with Crippen LogP contribution in [0, 0.1) is 23.3 Å². The van der Waals surface area contributed by atoms with Crippen molar-refractivity contribution in [1.29, 1.82) is 0 Å². The monoisotopic (exact) mass is 295 g/mol. The van der Waals surface area contributed by atoms with E-state index in [0.717, 1.165) is 0 Å². The van der Waals surface area contributed by atoms with Crippen LogP contribution >= 0.6 is 0 Å². The highest BCUT2D eigenvalue weighted by Crippen LogP contribution is 2.26. The minimum Gasteiger partial charge on any atom is -0.298 e. The second-order valence-corrected chi connectivity index (χ2v) is 4.11. The van der Waals surface area contributed by atoms with Crippen LogP contribution in [0.3, 0.4) is 0 Å². The topological polar surface area (TPSA) is 47.8 Å². The largest absolute Gasteiger partial charge is 0.298 e. The van der Waals surface area contributed by atoms with Crippen molar-refractivity contribution in [2.24, 2.45) is 0 Å². The Balaban J connectivity index is 2.34. The van der Waals surface area contributed by atoms with Gasteiger partial charge in [0, 0.05) is 0 Å². The van der Waals surface area contributed by atoms with E-state index < -0.39 is 34.5 Å². The Morgan fingerprint density at radius 3 is 1.76 bits per heavy atom. The molecule has 0 unspecified atom stereocenters. The van der Waals surface area contributed by atoms with Crippen LogP contribution < -0.4 is 0 Å². The number of aromatic nitrogens is 3. The molecule has 3 aromatic rings. The second-order valence-electron chi connectivity index (χ2n) is 4.11. The summed E-state index contributed by atoms with van der Waals surface area (Å²) in [4.78, 5) is 10.9. The first kappa shape index (κ1) is 13.2. The molecule has 0 spiro atoms. The molecule has 106 valence electrons. The van der Waals surface area contributed by atoms with E-state index in [9.17, 15) is 22.4 Å². The Labute approximate surface area is 114 Å². The molecule has 4 nitrogen and oxygen atoms in total. The Morgan fingerprint density at radius 2 is 1.33 bits per heavy atom. The molecule has 0 saturated heterocycles. The molecular formula is C13H5F4N3O. The number of aldehydes is 1. The van der Waals surface area contributed by atoms with E-state index in [1.165, 1.54) is 12.1 Å². The lowest BCUT2D eigenvalue weighted by Gasteiger charge is -2.07. The molecule has 8 heteroatoms. The molecular weight excluding hydrogens is 290 g/mol. The molecule has 0 amide bonds. The predicted octanol–water partition coefficient (Wildman–Crippen LogP) is 2.79. The molecule has 2 aromatic carbocycles. The van der Waals surface area contributed by atoms with E-state index in [2.05, 4.69) is 10.2 Å². The number of nitrogens with zero attached hydrogens (tertiary/aromatic N) is 3. The predicted molar refractivity (Wildman–Crippen MR) is 64.1 cm³/mol. The molecule has 0 fully saturated rings. The zero-order valence-electron chi connectivity index (χ0n) is 10.1. The summed E-state index contributed by atoms with van der Waals surface area (Å²) in [6, 6.07) is 6.26. The number of fused-ring (bicyclic) bond motifs is 1. The fraction of sp³-hybridized carbons (Fsp3) is 0. The van der Waals surface area contributed by atoms with Gasteiger partial charge in [-0.25, -0.2) is 17.6 Å². The standard InChI is InChI=1S/C13H5F4N3O/c14-9-6(5-21)10(15)12(17)13(11(9)16)20-18-7-3-1-2-4-8(7)19-20/h1-5H. The van der Waals surface area contributed by atoms with E-state index in [0.29, 0.717) is 4.80 Å². The average Bonchev–Trinajstić information content (AvgIpc) is 2.89. The lowest BCUT2D eigenvalue weighted by molar-refractivity contribution is 0.111. The second kappa shape index (κ2) is 4.65. The Hall–Kier alpha value is -2.77. The fourth-order valence-electron chi connectivity index (χ4n) is 1.88. The van der Waals surface area contributed by atoms with Crippen molar-refractivity contribution < 1.29 is 22.4 Å². The van der Waals surface area contributed by atoms with E-state index >= 15 is 0 Å². The van der Waals surface area contributed by atoms with Crippen molar-refractivity contribution in [1.82, 2.24) is 15.0 Å². The van der Waals surface area contributed by atoms with Gasteiger partial charge >= 0.3 is 0 Å². The van der Waals surface area contributed by atoms with Crippen LogP contribution in [0.2, 0.25) is 0 Å². The third-order valence-corrected chi connectivity index (χ3v) is 2.88. The lowest BCUT2D eigenvalue weighted by atomic mass is 10.1. The van der Waals surface area contributed by atoms with Gasteiger partial charge in [0.15, 0.2) is 35.2 Å². The average molecular weight is 295 g/mol. The van der Waals surface area contributed by atoms with Gasteiger partial charge in [-0.15, -0.1) is 15.0 Å². The van der Waals surface area contributed by atoms with Crippen molar-refractivity contribution in [3.05, 3.63) is 53.1 Å². The molecule has 0 aliphatic carbocycles. The summed E-state index contributed by atoms with van der Waals surface area (Å²) in [7, 11) is 0. The normalized spacial score (nSPS) is 11.0. The molecule has 0 aliphatic heterocycles. The van der Waals surface area contributed by atoms with Crippen LogP contribution in [0.5, 0.6) is 0 Å². The number of hydrogen-bond acceptors (Lipinski definition) is 3. The van der Waals surface area contributed by atoms with E-state index in [-0.39, 0.29) is 17.3 Å². The zero-order chi connectivity index (χ0) is 15.1. The summed E-state index contributed by atoms with van der Waals surface area (Å²) in [6.45, 7) is 0. The Bertz CT molecular complexity index is 813. The Kier molecular flexibility index (Phi) is 2.93. The van der Waals surface area contributed by atoms with Crippen molar-refractivity contribution >= 4 is 17.3 Å². The number of carbonyl (C=O) groups is 1. The Morgan fingerprint density at radius 1 is 0.857 bits per heavy atom. The SMILES string of the molecule is O=Cc1c(F)c(F)c(-n2nc3ccccc3n2)c(F)c1F. The van der Waals surface area contributed by atoms with Crippen LogP contribution in [-0.2, 0) is 0 Å². The highest BCUT2D eigenvalue weighted by atomic mass is 19.2. The maximum Gasteiger partial charge on any atom is 0.190 e. The molecule has 0 saturated carbocycles. The molecule has 3 rings (SSSR count). The van der Waals surface area contributed by atoms with Crippen molar-refractivity contribution in [2.75, 3.05) is 0 Å². The first-order chi connectivity index (χ1) is 10.0. The number of benzene rings is 2. The molecule has 1 aromatic heterocycles. The molecule has 1 heterocycles. The third kappa shape index (κ3) is 1.87. The first-order valence-electron chi connectivity index (χ1n) is 5.68. The molecule has 0 N–H and O–H groups in total. The maximum atomic E-state index is 13.9. The maximum absolute atomic E-state index is 13.9. The van der Waals surface area contributed by atoms with Crippen LogP contribution in [-0.4, -0.2) is 21.3 Å². The third-order valence-electron chi connectivity index (χ3n) is 2.88. The summed E-state index contributed by atoms with van der Waals surface area (Å²) in [5.41, 5.74) is -1.86. The minimum atomic E-state index is -1.79. The molecule has 0 radical (unpaired) electrons. The molecule has 21 heavy (non-hydrogen) atoms. The smallest absolute Gasteiger partial charge is 0.190 e. The van der Waals surface area contributed by atoms with E-state index in [1.807, 2.05) is 0 Å².